The number of halogens is 2. The third-order valence-corrected chi connectivity index (χ3v) is 5.72. The van der Waals surface area contributed by atoms with Gasteiger partial charge in [-0.05, 0) is 43.0 Å². The Morgan fingerprint density at radius 3 is 2.85 bits per heavy atom. The third-order valence-electron chi connectivity index (χ3n) is 4.87. The molecule has 0 saturated heterocycles. The van der Waals surface area contributed by atoms with Gasteiger partial charge in [-0.15, -0.1) is 12.3 Å². The van der Waals surface area contributed by atoms with Crippen molar-refractivity contribution in [1.29, 1.82) is 0 Å². The molecule has 26 heavy (non-hydrogen) atoms. The highest BCUT2D eigenvalue weighted by Gasteiger charge is 2.45. The average molecular weight is 393 g/mol. The number of carbonyl (C=O) groups excluding carboxylic acids is 2. The maximum Gasteiger partial charge on any atom is 0.344 e. The highest BCUT2D eigenvalue weighted by atomic mass is 35.5. The van der Waals surface area contributed by atoms with E-state index in [2.05, 4.69) is 5.92 Å². The van der Waals surface area contributed by atoms with Crippen molar-refractivity contribution in [2.75, 3.05) is 13.2 Å². The number of allylic oxidation sites excluding steroid dienone is 2. The van der Waals surface area contributed by atoms with Crippen molar-refractivity contribution < 1.29 is 19.1 Å². The van der Waals surface area contributed by atoms with Gasteiger partial charge in [0.2, 0.25) is 0 Å². The van der Waals surface area contributed by atoms with Crippen LogP contribution in [0.15, 0.2) is 12.1 Å². The van der Waals surface area contributed by atoms with Crippen molar-refractivity contribution in [2.24, 2.45) is 5.41 Å². The Morgan fingerprint density at radius 1 is 1.38 bits per heavy atom. The minimum atomic E-state index is -0.481. The predicted octanol–water partition coefficient (Wildman–Crippen LogP) is 4.25. The van der Waals surface area contributed by atoms with Crippen molar-refractivity contribution in [3.05, 3.63) is 33.3 Å². The van der Waals surface area contributed by atoms with Crippen LogP contribution in [0.2, 0.25) is 10.0 Å². The molecule has 0 spiro atoms. The summed E-state index contributed by atoms with van der Waals surface area (Å²) in [6.07, 6.45) is 9.58. The molecule has 0 N–H and O–H groups in total. The van der Waals surface area contributed by atoms with Gasteiger partial charge in [-0.1, -0.05) is 23.2 Å². The number of fused-ring (bicyclic) bond motifs is 3. The molecule has 1 unspecified atom stereocenters. The molecule has 1 aromatic rings. The van der Waals surface area contributed by atoms with E-state index in [9.17, 15) is 9.59 Å². The minimum Gasteiger partial charge on any atom is -0.480 e. The van der Waals surface area contributed by atoms with Crippen LogP contribution in [0.3, 0.4) is 0 Å². The van der Waals surface area contributed by atoms with Crippen LogP contribution in [0.1, 0.15) is 37.3 Å². The Labute approximate surface area is 162 Å². The number of rotatable bonds is 5. The first-order valence-electron chi connectivity index (χ1n) is 8.40. The molecule has 0 heterocycles. The average Bonchev–Trinajstić information content (AvgIpc) is 2.91. The van der Waals surface area contributed by atoms with E-state index in [1.165, 1.54) is 0 Å². The van der Waals surface area contributed by atoms with Gasteiger partial charge in [0.15, 0.2) is 12.4 Å². The van der Waals surface area contributed by atoms with Gasteiger partial charge >= 0.3 is 5.97 Å². The lowest BCUT2D eigenvalue weighted by molar-refractivity contribution is -0.145. The number of terminal acetylenes is 1. The highest BCUT2D eigenvalue weighted by molar-refractivity contribution is 6.44. The van der Waals surface area contributed by atoms with Gasteiger partial charge in [0.25, 0.3) is 0 Å². The molecule has 4 nitrogen and oxygen atoms in total. The summed E-state index contributed by atoms with van der Waals surface area (Å²) in [5, 5.41) is 0.535. The standard InChI is InChI=1S/C20H18Cl2O4/c1-3-6-20-7-5-13(23)9-14(20)17-12(10-20)8-15(18(21)19(17)22)26-11-16(24)25-4-2/h1,8-9H,4-7,10-11H2,2H3. The summed E-state index contributed by atoms with van der Waals surface area (Å²) in [4.78, 5) is 23.5. The molecule has 0 fully saturated rings. The van der Waals surface area contributed by atoms with Crippen LogP contribution in [0.25, 0.3) is 5.57 Å². The molecule has 0 saturated carbocycles. The van der Waals surface area contributed by atoms with E-state index in [4.69, 9.17) is 39.1 Å². The van der Waals surface area contributed by atoms with Crippen LogP contribution in [0, 0.1) is 17.8 Å². The molecule has 136 valence electrons. The largest absolute Gasteiger partial charge is 0.480 e. The molecule has 0 amide bonds. The monoisotopic (exact) mass is 392 g/mol. The third kappa shape index (κ3) is 3.22. The Kier molecular flexibility index (Phi) is 5.32. The molecular formula is C20H18Cl2O4. The van der Waals surface area contributed by atoms with E-state index in [1.54, 1.807) is 19.1 Å². The summed E-state index contributed by atoms with van der Waals surface area (Å²) in [6, 6.07) is 1.78. The first-order valence-corrected chi connectivity index (χ1v) is 9.15. The fourth-order valence-corrected chi connectivity index (χ4v) is 4.26. The van der Waals surface area contributed by atoms with E-state index >= 15 is 0 Å². The second kappa shape index (κ2) is 7.34. The zero-order chi connectivity index (χ0) is 18.9. The molecule has 0 aliphatic heterocycles. The fourth-order valence-electron chi connectivity index (χ4n) is 3.74. The van der Waals surface area contributed by atoms with E-state index < -0.39 is 5.97 Å². The lowest BCUT2D eigenvalue weighted by atomic mass is 9.70. The molecule has 3 rings (SSSR count). The lowest BCUT2D eigenvalue weighted by Crippen LogP contribution is -2.25. The molecule has 1 aromatic carbocycles. The van der Waals surface area contributed by atoms with Crippen molar-refractivity contribution in [2.45, 2.75) is 32.6 Å². The summed E-state index contributed by atoms with van der Waals surface area (Å²) < 4.78 is 10.4. The van der Waals surface area contributed by atoms with E-state index in [-0.39, 0.29) is 29.4 Å². The second-order valence-corrected chi connectivity index (χ2v) is 7.25. The summed E-state index contributed by atoms with van der Waals surface area (Å²) in [5.41, 5.74) is 2.26. The first kappa shape index (κ1) is 18.8. The van der Waals surface area contributed by atoms with E-state index in [1.807, 2.05) is 0 Å². The SMILES string of the molecule is C#CCC12CCC(=O)C=C1c1c(cc(OCC(=O)OCC)c(Cl)c1Cl)C2. The zero-order valence-corrected chi connectivity index (χ0v) is 15.9. The molecule has 2 aliphatic carbocycles. The predicted molar refractivity (Wildman–Crippen MR) is 100 cm³/mol. The molecule has 1 atom stereocenters. The summed E-state index contributed by atoms with van der Waals surface area (Å²) in [6.45, 7) is 1.75. The number of benzene rings is 1. The summed E-state index contributed by atoms with van der Waals surface area (Å²) >= 11 is 12.9. The quantitative estimate of drug-likeness (QED) is 0.555. The molecule has 0 bridgehead atoms. The van der Waals surface area contributed by atoms with Crippen LogP contribution in [0.5, 0.6) is 5.75 Å². The van der Waals surface area contributed by atoms with E-state index in [0.29, 0.717) is 36.5 Å². The topological polar surface area (TPSA) is 52.6 Å². The number of hydrogen-bond donors (Lipinski definition) is 0. The van der Waals surface area contributed by atoms with Crippen molar-refractivity contribution in [3.63, 3.8) is 0 Å². The van der Waals surface area contributed by atoms with Crippen LogP contribution in [-0.4, -0.2) is 25.0 Å². The van der Waals surface area contributed by atoms with Gasteiger partial charge in [0, 0.05) is 23.8 Å². The molecule has 0 aromatic heterocycles. The first-order chi connectivity index (χ1) is 12.4. The Morgan fingerprint density at radius 2 is 2.15 bits per heavy atom. The second-order valence-electron chi connectivity index (χ2n) is 6.49. The van der Waals surface area contributed by atoms with Crippen LogP contribution in [-0.2, 0) is 20.7 Å². The van der Waals surface area contributed by atoms with Gasteiger partial charge in [0.1, 0.15) is 10.8 Å². The highest BCUT2D eigenvalue weighted by Crippen LogP contribution is 2.57. The van der Waals surface area contributed by atoms with Crippen molar-refractivity contribution >= 4 is 40.5 Å². The van der Waals surface area contributed by atoms with Gasteiger partial charge in [-0.2, -0.15) is 0 Å². The number of ketones is 1. The lowest BCUT2D eigenvalue weighted by Gasteiger charge is -2.32. The number of esters is 1. The Balaban J connectivity index is 2.00. The fraction of sp³-hybridized carbons (Fsp3) is 0.400. The van der Waals surface area contributed by atoms with Gasteiger partial charge < -0.3 is 9.47 Å². The van der Waals surface area contributed by atoms with Gasteiger partial charge in [-0.25, -0.2) is 4.79 Å². The van der Waals surface area contributed by atoms with Crippen LogP contribution >= 0.6 is 23.2 Å². The van der Waals surface area contributed by atoms with Crippen molar-refractivity contribution in [1.82, 2.24) is 0 Å². The smallest absolute Gasteiger partial charge is 0.344 e. The van der Waals surface area contributed by atoms with Crippen LogP contribution < -0.4 is 4.74 Å². The minimum absolute atomic E-state index is 0.0651. The summed E-state index contributed by atoms with van der Waals surface area (Å²) in [5.74, 6) is 2.64. The molecule has 6 heteroatoms. The maximum absolute atomic E-state index is 12.0. The van der Waals surface area contributed by atoms with Crippen molar-refractivity contribution in [3.8, 4) is 18.1 Å². The number of ether oxygens (including phenoxy) is 2. The maximum atomic E-state index is 12.0. The molecule has 2 aliphatic rings. The normalized spacial score (nSPS) is 20.7. The van der Waals surface area contributed by atoms with Gasteiger partial charge in [-0.3, -0.25) is 4.79 Å². The summed E-state index contributed by atoms with van der Waals surface area (Å²) in [7, 11) is 0. The number of hydrogen-bond acceptors (Lipinski definition) is 4. The van der Waals surface area contributed by atoms with Gasteiger partial charge in [0.05, 0.1) is 11.6 Å². The number of carbonyl (C=O) groups is 2. The van der Waals surface area contributed by atoms with E-state index in [0.717, 1.165) is 16.7 Å². The molecule has 0 radical (unpaired) electrons. The Bertz CT molecular complexity index is 850. The molecular weight excluding hydrogens is 375 g/mol. The zero-order valence-electron chi connectivity index (χ0n) is 14.4. The Hall–Kier alpha value is -1.96. The van der Waals surface area contributed by atoms with Crippen LogP contribution in [0.4, 0.5) is 0 Å².